The second-order valence-electron chi connectivity index (χ2n) is 5.26. The maximum atomic E-state index is 3.19. The summed E-state index contributed by atoms with van der Waals surface area (Å²) in [6, 6.07) is 6.73. The molecule has 1 rings (SSSR count). The highest BCUT2D eigenvalue weighted by atomic mass is 15.1. The van der Waals surface area contributed by atoms with Gasteiger partial charge in [0.05, 0.1) is 0 Å². The molecule has 1 aromatic rings. The predicted molar refractivity (Wildman–Crippen MR) is 76.7 cm³/mol. The molecule has 2 nitrogen and oxygen atoms in total. The van der Waals surface area contributed by atoms with Gasteiger partial charge in [-0.2, -0.15) is 0 Å². The molecule has 2 heteroatoms. The summed E-state index contributed by atoms with van der Waals surface area (Å²) in [6.45, 7) is 8.81. The Labute approximate surface area is 106 Å². The first kappa shape index (κ1) is 14.0. The molecule has 0 amide bonds. The maximum Gasteiger partial charge on any atom is 0.0393 e. The molecule has 0 atom stereocenters. The molecule has 0 saturated carbocycles. The minimum Gasteiger partial charge on any atom is -0.374 e. The van der Waals surface area contributed by atoms with Crippen LogP contribution in [0.3, 0.4) is 0 Å². The van der Waals surface area contributed by atoms with E-state index in [9.17, 15) is 0 Å². The molecule has 0 unspecified atom stereocenters. The van der Waals surface area contributed by atoms with Crippen LogP contribution in [0.25, 0.3) is 0 Å². The monoisotopic (exact) mass is 234 g/mol. The Morgan fingerprint density at radius 2 is 2.00 bits per heavy atom. The summed E-state index contributed by atoms with van der Waals surface area (Å²) >= 11 is 0. The van der Waals surface area contributed by atoms with Gasteiger partial charge in [0.15, 0.2) is 0 Å². The van der Waals surface area contributed by atoms with Crippen LogP contribution in [0.2, 0.25) is 0 Å². The second kappa shape index (κ2) is 6.65. The molecule has 1 N–H and O–H groups in total. The van der Waals surface area contributed by atoms with Gasteiger partial charge >= 0.3 is 0 Å². The van der Waals surface area contributed by atoms with Crippen molar-refractivity contribution in [2.45, 2.75) is 33.7 Å². The van der Waals surface area contributed by atoms with Crippen molar-refractivity contribution in [3.63, 3.8) is 0 Å². The van der Waals surface area contributed by atoms with Gasteiger partial charge in [-0.3, -0.25) is 0 Å². The van der Waals surface area contributed by atoms with Crippen molar-refractivity contribution in [2.24, 2.45) is 5.92 Å². The largest absolute Gasteiger partial charge is 0.374 e. The zero-order valence-electron chi connectivity index (χ0n) is 11.9. The Morgan fingerprint density at radius 3 is 2.53 bits per heavy atom. The number of nitrogens with zero attached hydrogens (tertiary/aromatic N) is 1. The lowest BCUT2D eigenvalue weighted by atomic mass is 10.1. The van der Waals surface area contributed by atoms with Gasteiger partial charge in [0.2, 0.25) is 0 Å². The molecule has 0 heterocycles. The van der Waals surface area contributed by atoms with Crippen LogP contribution in [-0.2, 0) is 6.54 Å². The van der Waals surface area contributed by atoms with E-state index in [2.05, 4.69) is 56.2 Å². The van der Waals surface area contributed by atoms with Gasteiger partial charge in [0.25, 0.3) is 0 Å². The summed E-state index contributed by atoms with van der Waals surface area (Å²) < 4.78 is 0. The van der Waals surface area contributed by atoms with E-state index in [0.29, 0.717) is 0 Å². The van der Waals surface area contributed by atoms with Crippen LogP contribution in [0.4, 0.5) is 5.69 Å². The second-order valence-corrected chi connectivity index (χ2v) is 5.26. The van der Waals surface area contributed by atoms with E-state index in [-0.39, 0.29) is 0 Å². The van der Waals surface area contributed by atoms with Gasteiger partial charge in [0, 0.05) is 25.8 Å². The normalized spacial score (nSPS) is 10.9. The first-order valence-corrected chi connectivity index (χ1v) is 6.50. The molecular weight excluding hydrogens is 208 g/mol. The van der Waals surface area contributed by atoms with Crippen molar-refractivity contribution in [3.8, 4) is 0 Å². The molecule has 0 aliphatic carbocycles. The highest BCUT2D eigenvalue weighted by Crippen LogP contribution is 2.21. The van der Waals surface area contributed by atoms with Gasteiger partial charge in [0.1, 0.15) is 0 Å². The van der Waals surface area contributed by atoms with Gasteiger partial charge in [-0.15, -0.1) is 0 Å². The number of aryl methyl sites for hydroxylation is 1. The summed E-state index contributed by atoms with van der Waals surface area (Å²) in [6.07, 6.45) is 1.24. The third-order valence-corrected chi connectivity index (χ3v) is 3.10. The first-order chi connectivity index (χ1) is 8.04. The maximum absolute atomic E-state index is 3.19. The van der Waals surface area contributed by atoms with E-state index in [1.807, 2.05) is 7.05 Å². The Kier molecular flexibility index (Phi) is 5.49. The van der Waals surface area contributed by atoms with E-state index in [1.165, 1.54) is 23.2 Å². The standard InChI is InChI=1S/C15H26N2/c1-12(2)8-9-17(5)15-7-6-14(11-16-4)10-13(15)3/h6-7,10,12,16H,8-9,11H2,1-5H3. The summed E-state index contributed by atoms with van der Waals surface area (Å²) in [5.74, 6) is 0.765. The molecule has 17 heavy (non-hydrogen) atoms. The first-order valence-electron chi connectivity index (χ1n) is 6.50. The smallest absolute Gasteiger partial charge is 0.0393 e. The van der Waals surface area contributed by atoms with Crippen molar-refractivity contribution >= 4 is 5.69 Å². The number of benzene rings is 1. The van der Waals surface area contributed by atoms with Crippen molar-refractivity contribution in [3.05, 3.63) is 29.3 Å². The summed E-state index contributed by atoms with van der Waals surface area (Å²) in [5, 5.41) is 3.19. The minimum absolute atomic E-state index is 0.765. The Bertz CT molecular complexity index is 345. The third kappa shape index (κ3) is 4.39. The number of nitrogens with one attached hydrogen (secondary N) is 1. The number of rotatable bonds is 6. The average molecular weight is 234 g/mol. The number of hydrogen-bond donors (Lipinski definition) is 1. The van der Waals surface area contributed by atoms with E-state index in [1.54, 1.807) is 0 Å². The molecule has 0 aromatic heterocycles. The topological polar surface area (TPSA) is 15.3 Å². The highest BCUT2D eigenvalue weighted by Gasteiger charge is 2.06. The Morgan fingerprint density at radius 1 is 1.29 bits per heavy atom. The fourth-order valence-corrected chi connectivity index (χ4v) is 2.03. The Hall–Kier alpha value is -1.02. The third-order valence-electron chi connectivity index (χ3n) is 3.10. The molecule has 0 radical (unpaired) electrons. The minimum atomic E-state index is 0.765. The number of hydrogen-bond acceptors (Lipinski definition) is 2. The zero-order chi connectivity index (χ0) is 12.8. The van der Waals surface area contributed by atoms with Crippen molar-refractivity contribution in [2.75, 3.05) is 25.5 Å². The molecule has 0 bridgehead atoms. The molecule has 0 saturated heterocycles. The molecule has 0 fully saturated rings. The summed E-state index contributed by atoms with van der Waals surface area (Å²) in [7, 11) is 4.17. The average Bonchev–Trinajstić information content (AvgIpc) is 2.26. The SMILES string of the molecule is CNCc1ccc(N(C)CCC(C)C)c(C)c1. The molecule has 96 valence electrons. The van der Waals surface area contributed by atoms with Gasteiger partial charge < -0.3 is 10.2 Å². The van der Waals surface area contributed by atoms with Crippen LogP contribution < -0.4 is 10.2 Å². The van der Waals surface area contributed by atoms with Gasteiger partial charge in [-0.25, -0.2) is 0 Å². The van der Waals surface area contributed by atoms with E-state index in [0.717, 1.165) is 19.0 Å². The lowest BCUT2D eigenvalue weighted by Gasteiger charge is -2.23. The van der Waals surface area contributed by atoms with Crippen LogP contribution in [0, 0.1) is 12.8 Å². The highest BCUT2D eigenvalue weighted by molar-refractivity contribution is 5.53. The van der Waals surface area contributed by atoms with E-state index >= 15 is 0 Å². The lowest BCUT2D eigenvalue weighted by Crippen LogP contribution is -2.21. The summed E-state index contributed by atoms with van der Waals surface area (Å²) in [5.41, 5.74) is 4.07. The van der Waals surface area contributed by atoms with E-state index in [4.69, 9.17) is 0 Å². The van der Waals surface area contributed by atoms with Crippen LogP contribution in [0.15, 0.2) is 18.2 Å². The number of anilines is 1. The lowest BCUT2D eigenvalue weighted by molar-refractivity contribution is 0.585. The molecule has 0 aliphatic rings. The molecule has 0 spiro atoms. The fourth-order valence-electron chi connectivity index (χ4n) is 2.03. The van der Waals surface area contributed by atoms with Crippen LogP contribution in [-0.4, -0.2) is 20.6 Å². The summed E-state index contributed by atoms with van der Waals surface area (Å²) in [4.78, 5) is 2.36. The van der Waals surface area contributed by atoms with Crippen LogP contribution >= 0.6 is 0 Å². The molecular formula is C15H26N2. The van der Waals surface area contributed by atoms with Gasteiger partial charge in [-0.05, 0) is 43.5 Å². The van der Waals surface area contributed by atoms with Crippen molar-refractivity contribution in [1.82, 2.24) is 5.32 Å². The predicted octanol–water partition coefficient (Wildman–Crippen LogP) is 3.20. The van der Waals surface area contributed by atoms with Crippen molar-refractivity contribution < 1.29 is 0 Å². The zero-order valence-corrected chi connectivity index (χ0v) is 11.9. The molecule has 0 aliphatic heterocycles. The van der Waals surface area contributed by atoms with E-state index < -0.39 is 0 Å². The fraction of sp³-hybridized carbons (Fsp3) is 0.600. The van der Waals surface area contributed by atoms with Crippen molar-refractivity contribution in [1.29, 1.82) is 0 Å². The van der Waals surface area contributed by atoms with Crippen LogP contribution in [0.1, 0.15) is 31.4 Å². The quantitative estimate of drug-likeness (QED) is 0.813. The molecule has 1 aromatic carbocycles. The van der Waals surface area contributed by atoms with Gasteiger partial charge in [-0.1, -0.05) is 26.0 Å². The van der Waals surface area contributed by atoms with Crippen LogP contribution in [0.5, 0.6) is 0 Å². The Balaban J connectivity index is 2.70.